The number of aryl methyl sites for hydroxylation is 1. The standard InChI is InChI=1S/C17H15NO2S/c1-11-8-9-21-16(11)14-6-4-13(5-7-14)12(2)15(10-18)17(19)20-3/h4-9H,1-3H3. The fraction of sp³-hybridized carbons (Fsp3) is 0.176. The van der Waals surface area contributed by atoms with Crippen LogP contribution in [0.25, 0.3) is 16.0 Å². The molecule has 3 nitrogen and oxygen atoms in total. The highest BCUT2D eigenvalue weighted by atomic mass is 32.1. The zero-order valence-corrected chi connectivity index (χ0v) is 13.0. The van der Waals surface area contributed by atoms with E-state index < -0.39 is 5.97 Å². The number of nitrogens with zero attached hydrogens (tertiary/aromatic N) is 1. The lowest BCUT2D eigenvalue weighted by atomic mass is 10.00. The van der Waals surface area contributed by atoms with E-state index in [1.807, 2.05) is 30.3 Å². The van der Waals surface area contributed by atoms with E-state index in [4.69, 9.17) is 5.26 Å². The third-order valence-corrected chi connectivity index (χ3v) is 4.38. The first-order valence-corrected chi connectivity index (χ1v) is 7.30. The van der Waals surface area contributed by atoms with Gasteiger partial charge in [0.15, 0.2) is 0 Å². The third kappa shape index (κ3) is 3.04. The first-order valence-electron chi connectivity index (χ1n) is 6.42. The van der Waals surface area contributed by atoms with Gasteiger partial charge in [0.2, 0.25) is 0 Å². The Kier molecular flexibility index (Phi) is 4.56. The maximum atomic E-state index is 11.6. The Morgan fingerprint density at radius 2 is 1.90 bits per heavy atom. The van der Waals surface area contributed by atoms with Crippen LogP contribution in [0.3, 0.4) is 0 Å². The molecular weight excluding hydrogens is 282 g/mol. The number of nitriles is 1. The second kappa shape index (κ2) is 6.38. The van der Waals surface area contributed by atoms with Gasteiger partial charge in [-0.15, -0.1) is 11.3 Å². The molecule has 0 unspecified atom stereocenters. The molecule has 0 bridgehead atoms. The van der Waals surface area contributed by atoms with Gasteiger partial charge in [-0.1, -0.05) is 24.3 Å². The molecule has 0 spiro atoms. The lowest BCUT2D eigenvalue weighted by molar-refractivity contribution is -0.135. The predicted molar refractivity (Wildman–Crippen MR) is 84.7 cm³/mol. The van der Waals surface area contributed by atoms with E-state index in [9.17, 15) is 4.79 Å². The fourth-order valence-corrected chi connectivity index (χ4v) is 3.00. The summed E-state index contributed by atoms with van der Waals surface area (Å²) in [6.07, 6.45) is 0. The fourth-order valence-electron chi connectivity index (χ4n) is 2.07. The lowest BCUT2D eigenvalue weighted by Gasteiger charge is -2.06. The largest absolute Gasteiger partial charge is 0.465 e. The molecule has 1 aromatic carbocycles. The van der Waals surface area contributed by atoms with Crippen LogP contribution in [0.4, 0.5) is 0 Å². The molecule has 0 aliphatic heterocycles. The Balaban J connectivity index is 2.40. The van der Waals surface area contributed by atoms with Crippen LogP contribution >= 0.6 is 11.3 Å². The van der Waals surface area contributed by atoms with Gasteiger partial charge < -0.3 is 4.74 Å². The molecule has 2 rings (SSSR count). The zero-order valence-electron chi connectivity index (χ0n) is 12.1. The van der Waals surface area contributed by atoms with E-state index in [0.717, 1.165) is 11.1 Å². The molecule has 1 heterocycles. The van der Waals surface area contributed by atoms with Crippen LogP contribution in [0.2, 0.25) is 0 Å². The van der Waals surface area contributed by atoms with Gasteiger partial charge in [-0.25, -0.2) is 4.79 Å². The highest BCUT2D eigenvalue weighted by molar-refractivity contribution is 7.13. The number of methoxy groups -OCH3 is 1. The topological polar surface area (TPSA) is 50.1 Å². The van der Waals surface area contributed by atoms with Crippen LogP contribution in [-0.2, 0) is 9.53 Å². The molecule has 0 radical (unpaired) electrons. The zero-order chi connectivity index (χ0) is 15.4. The molecule has 0 aliphatic carbocycles. The number of thiophene rings is 1. The molecule has 1 aromatic heterocycles. The van der Waals surface area contributed by atoms with Crippen molar-refractivity contribution in [2.45, 2.75) is 13.8 Å². The molecule has 0 saturated carbocycles. The molecule has 0 fully saturated rings. The first-order chi connectivity index (χ1) is 10.1. The van der Waals surface area contributed by atoms with E-state index in [-0.39, 0.29) is 5.57 Å². The first kappa shape index (κ1) is 15.0. The van der Waals surface area contributed by atoms with Crippen molar-refractivity contribution in [3.05, 3.63) is 52.4 Å². The number of ether oxygens (including phenoxy) is 1. The number of hydrogen-bond donors (Lipinski definition) is 0. The molecule has 4 heteroatoms. The van der Waals surface area contributed by atoms with E-state index in [0.29, 0.717) is 5.57 Å². The minimum absolute atomic E-state index is 0.0394. The summed E-state index contributed by atoms with van der Waals surface area (Å²) in [5.41, 5.74) is 3.88. The SMILES string of the molecule is COC(=O)C(C#N)=C(C)c1ccc(-c2sccc2C)cc1. The Morgan fingerprint density at radius 1 is 1.24 bits per heavy atom. The number of esters is 1. The Bertz CT molecular complexity index is 733. The average Bonchev–Trinajstić information content (AvgIpc) is 2.94. The summed E-state index contributed by atoms with van der Waals surface area (Å²) in [6.45, 7) is 3.83. The molecule has 106 valence electrons. The molecule has 21 heavy (non-hydrogen) atoms. The maximum Gasteiger partial charge on any atom is 0.348 e. The Hall–Kier alpha value is -2.38. The van der Waals surface area contributed by atoms with Crippen molar-refractivity contribution >= 4 is 22.9 Å². The molecule has 0 N–H and O–H groups in total. The second-order valence-electron chi connectivity index (χ2n) is 4.61. The smallest absolute Gasteiger partial charge is 0.348 e. The number of carbonyl (C=O) groups excluding carboxylic acids is 1. The van der Waals surface area contributed by atoms with E-state index in [1.165, 1.54) is 17.6 Å². The predicted octanol–water partition coefficient (Wildman–Crippen LogP) is 4.19. The van der Waals surface area contributed by atoms with Crippen molar-refractivity contribution in [1.29, 1.82) is 5.26 Å². The Labute approximate surface area is 128 Å². The minimum atomic E-state index is -0.604. The normalized spacial score (nSPS) is 11.5. The van der Waals surface area contributed by atoms with Crippen molar-refractivity contribution in [1.82, 2.24) is 0 Å². The second-order valence-corrected chi connectivity index (χ2v) is 5.53. The van der Waals surface area contributed by atoms with Crippen molar-refractivity contribution in [3.63, 3.8) is 0 Å². The summed E-state index contributed by atoms with van der Waals surface area (Å²) in [5.74, 6) is -0.604. The number of benzene rings is 1. The van der Waals surface area contributed by atoms with Gasteiger partial charge in [0, 0.05) is 4.88 Å². The van der Waals surface area contributed by atoms with Crippen molar-refractivity contribution in [2.75, 3.05) is 7.11 Å². The van der Waals surface area contributed by atoms with E-state index in [2.05, 4.69) is 23.1 Å². The van der Waals surface area contributed by atoms with Gasteiger partial charge in [-0.2, -0.15) is 5.26 Å². The highest BCUT2D eigenvalue weighted by Gasteiger charge is 2.14. The number of allylic oxidation sites excluding steroid dienone is 1. The molecule has 0 aliphatic rings. The summed E-state index contributed by atoms with van der Waals surface area (Å²) < 4.78 is 4.63. The van der Waals surface area contributed by atoms with Gasteiger partial charge in [0.1, 0.15) is 11.6 Å². The maximum absolute atomic E-state index is 11.6. The quantitative estimate of drug-likeness (QED) is 0.485. The molecule has 0 amide bonds. The van der Waals surface area contributed by atoms with E-state index in [1.54, 1.807) is 18.3 Å². The van der Waals surface area contributed by atoms with Gasteiger partial charge in [0.05, 0.1) is 7.11 Å². The summed E-state index contributed by atoms with van der Waals surface area (Å²) in [4.78, 5) is 12.8. The van der Waals surface area contributed by atoms with Crippen LogP contribution in [0, 0.1) is 18.3 Å². The third-order valence-electron chi connectivity index (χ3n) is 3.32. The number of hydrogen-bond acceptors (Lipinski definition) is 4. The van der Waals surface area contributed by atoms with Gasteiger partial charge in [-0.3, -0.25) is 0 Å². The number of rotatable bonds is 3. The highest BCUT2D eigenvalue weighted by Crippen LogP contribution is 2.30. The summed E-state index contributed by atoms with van der Waals surface area (Å²) in [5, 5.41) is 11.2. The summed E-state index contributed by atoms with van der Waals surface area (Å²) in [6, 6.07) is 11.8. The lowest BCUT2D eigenvalue weighted by Crippen LogP contribution is -2.05. The van der Waals surface area contributed by atoms with Gasteiger partial charge in [0.25, 0.3) is 0 Å². The van der Waals surface area contributed by atoms with Crippen molar-refractivity contribution in [3.8, 4) is 16.5 Å². The van der Waals surface area contributed by atoms with Crippen LogP contribution < -0.4 is 0 Å². The van der Waals surface area contributed by atoms with Crippen LogP contribution in [0.1, 0.15) is 18.1 Å². The summed E-state index contributed by atoms with van der Waals surface area (Å²) >= 11 is 1.70. The Morgan fingerprint density at radius 3 is 2.38 bits per heavy atom. The number of carbonyl (C=O) groups is 1. The molecular formula is C17H15NO2S. The minimum Gasteiger partial charge on any atom is -0.465 e. The van der Waals surface area contributed by atoms with Crippen LogP contribution in [-0.4, -0.2) is 13.1 Å². The van der Waals surface area contributed by atoms with Crippen molar-refractivity contribution in [2.24, 2.45) is 0 Å². The van der Waals surface area contributed by atoms with Crippen LogP contribution in [0.5, 0.6) is 0 Å². The van der Waals surface area contributed by atoms with Crippen LogP contribution in [0.15, 0.2) is 41.3 Å². The monoisotopic (exact) mass is 297 g/mol. The molecule has 0 saturated heterocycles. The van der Waals surface area contributed by atoms with Gasteiger partial charge in [-0.05, 0) is 47.6 Å². The molecule has 2 aromatic rings. The van der Waals surface area contributed by atoms with E-state index >= 15 is 0 Å². The average molecular weight is 297 g/mol. The van der Waals surface area contributed by atoms with Gasteiger partial charge >= 0.3 is 5.97 Å². The molecule has 0 atom stereocenters. The van der Waals surface area contributed by atoms with Crippen molar-refractivity contribution < 1.29 is 9.53 Å². The summed E-state index contributed by atoms with van der Waals surface area (Å²) in [7, 11) is 1.27.